The van der Waals surface area contributed by atoms with E-state index in [2.05, 4.69) is 68.7 Å². The van der Waals surface area contributed by atoms with Crippen LogP contribution in [0.25, 0.3) is 0 Å². The maximum atomic E-state index is 4.35. The molecule has 0 aliphatic heterocycles. The summed E-state index contributed by atoms with van der Waals surface area (Å²) in [7, 11) is 1.83. The van der Waals surface area contributed by atoms with Gasteiger partial charge in [0.05, 0.1) is 6.04 Å². The molecule has 0 saturated heterocycles. The maximum Gasteiger partial charge on any atom is 0.191 e. The summed E-state index contributed by atoms with van der Waals surface area (Å²) in [5.74, 6) is 0.874. The fourth-order valence-electron chi connectivity index (χ4n) is 2.76. The van der Waals surface area contributed by atoms with Crippen molar-refractivity contribution in [1.82, 2.24) is 15.5 Å². The summed E-state index contributed by atoms with van der Waals surface area (Å²) in [4.78, 5) is 8.23. The van der Waals surface area contributed by atoms with Crippen LogP contribution in [0.4, 0.5) is 0 Å². The molecule has 0 aromatic carbocycles. The number of aliphatic imine (C=N–C) groups is 1. The van der Waals surface area contributed by atoms with Crippen molar-refractivity contribution in [3.8, 4) is 0 Å². The van der Waals surface area contributed by atoms with Crippen LogP contribution in [0.3, 0.4) is 0 Å². The molecule has 1 unspecified atom stereocenters. The van der Waals surface area contributed by atoms with Crippen molar-refractivity contribution in [2.75, 3.05) is 33.2 Å². The average molecular weight is 365 g/mol. The van der Waals surface area contributed by atoms with Gasteiger partial charge in [0.15, 0.2) is 5.96 Å². The van der Waals surface area contributed by atoms with E-state index in [0.29, 0.717) is 6.04 Å². The number of thiophene rings is 2. The van der Waals surface area contributed by atoms with E-state index in [1.807, 2.05) is 7.05 Å². The molecular formula is C18H28N4S2. The summed E-state index contributed by atoms with van der Waals surface area (Å²) in [5, 5.41) is 13.4. The Balaban J connectivity index is 1.86. The van der Waals surface area contributed by atoms with Crippen LogP contribution in [0.5, 0.6) is 0 Å². The van der Waals surface area contributed by atoms with Crippen molar-refractivity contribution in [3.05, 3.63) is 44.8 Å². The molecule has 0 fully saturated rings. The first-order valence-electron chi connectivity index (χ1n) is 8.51. The lowest BCUT2D eigenvalue weighted by Crippen LogP contribution is -2.43. The highest BCUT2D eigenvalue weighted by atomic mass is 32.1. The molecule has 0 aliphatic carbocycles. The highest BCUT2D eigenvalue weighted by molar-refractivity contribution is 7.09. The molecule has 0 amide bonds. The molecule has 24 heavy (non-hydrogen) atoms. The summed E-state index contributed by atoms with van der Waals surface area (Å²) in [5.41, 5.74) is 1.38. The molecule has 2 aromatic rings. The Bertz CT molecular complexity index is 574. The third-order valence-corrected chi connectivity index (χ3v) is 5.75. The second kappa shape index (κ2) is 10.5. The standard InChI is InChI=1S/C18H28N4S2/c1-4-22(5-2)17(15-9-12-23-14-15)13-21-18(19-3)20-10-8-16-7-6-11-24-16/h6-7,9,11-12,14,17H,4-5,8,10,13H2,1-3H3,(H2,19,20,21). The third kappa shape index (κ3) is 5.61. The Morgan fingerprint density at radius 1 is 1.21 bits per heavy atom. The molecule has 1 atom stereocenters. The van der Waals surface area contributed by atoms with Gasteiger partial charge in [-0.05, 0) is 53.3 Å². The van der Waals surface area contributed by atoms with Gasteiger partial charge in [-0.1, -0.05) is 19.9 Å². The van der Waals surface area contributed by atoms with Crippen LogP contribution in [-0.4, -0.2) is 44.1 Å². The molecule has 0 aliphatic rings. The first kappa shape index (κ1) is 19.0. The summed E-state index contributed by atoms with van der Waals surface area (Å²) in [6.07, 6.45) is 1.03. The normalized spacial score (nSPS) is 13.2. The van der Waals surface area contributed by atoms with E-state index >= 15 is 0 Å². The van der Waals surface area contributed by atoms with Crippen LogP contribution in [0.2, 0.25) is 0 Å². The zero-order valence-corrected chi connectivity index (χ0v) is 16.4. The van der Waals surface area contributed by atoms with Gasteiger partial charge in [-0.2, -0.15) is 11.3 Å². The van der Waals surface area contributed by atoms with E-state index < -0.39 is 0 Å². The zero-order valence-electron chi connectivity index (χ0n) is 14.8. The van der Waals surface area contributed by atoms with Gasteiger partial charge >= 0.3 is 0 Å². The van der Waals surface area contributed by atoms with Crippen LogP contribution < -0.4 is 10.6 Å². The minimum atomic E-state index is 0.377. The van der Waals surface area contributed by atoms with Gasteiger partial charge in [0.1, 0.15) is 0 Å². The average Bonchev–Trinajstić information content (AvgIpc) is 3.30. The number of nitrogens with zero attached hydrogens (tertiary/aromatic N) is 2. The fraction of sp³-hybridized carbons (Fsp3) is 0.500. The second-order valence-corrected chi connectivity index (χ2v) is 7.32. The summed E-state index contributed by atoms with van der Waals surface area (Å²) in [6, 6.07) is 6.88. The predicted octanol–water partition coefficient (Wildman–Crippen LogP) is 3.60. The molecule has 0 spiro atoms. The van der Waals surface area contributed by atoms with Crippen LogP contribution >= 0.6 is 22.7 Å². The summed E-state index contributed by atoms with van der Waals surface area (Å²) in [6.45, 7) is 8.28. The minimum Gasteiger partial charge on any atom is -0.356 e. The largest absolute Gasteiger partial charge is 0.356 e. The molecule has 0 saturated carbocycles. The van der Waals surface area contributed by atoms with E-state index in [4.69, 9.17) is 0 Å². The van der Waals surface area contributed by atoms with E-state index in [0.717, 1.165) is 38.6 Å². The lowest BCUT2D eigenvalue weighted by molar-refractivity contribution is 0.219. The lowest BCUT2D eigenvalue weighted by atomic mass is 10.1. The molecule has 0 radical (unpaired) electrons. The van der Waals surface area contributed by atoms with Gasteiger partial charge in [0.2, 0.25) is 0 Å². The van der Waals surface area contributed by atoms with Gasteiger partial charge in [-0.3, -0.25) is 9.89 Å². The first-order chi connectivity index (χ1) is 11.8. The van der Waals surface area contributed by atoms with Crippen molar-refractivity contribution in [1.29, 1.82) is 0 Å². The fourth-order valence-corrected chi connectivity index (χ4v) is 4.18. The van der Waals surface area contributed by atoms with E-state index in [1.165, 1.54) is 10.4 Å². The minimum absolute atomic E-state index is 0.377. The quantitative estimate of drug-likeness (QED) is 0.527. The Morgan fingerprint density at radius 2 is 2.04 bits per heavy atom. The van der Waals surface area contributed by atoms with Gasteiger partial charge < -0.3 is 10.6 Å². The Kier molecular flexibility index (Phi) is 8.28. The third-order valence-electron chi connectivity index (χ3n) is 4.11. The number of likely N-dealkylation sites (N-methyl/N-ethyl adjacent to an activating group) is 1. The molecule has 4 nitrogen and oxygen atoms in total. The van der Waals surface area contributed by atoms with Crippen LogP contribution in [0.15, 0.2) is 39.3 Å². The molecule has 0 bridgehead atoms. The highest BCUT2D eigenvalue weighted by Crippen LogP contribution is 2.22. The SMILES string of the molecule is CCN(CC)C(CNC(=NC)NCCc1cccs1)c1ccsc1. The van der Waals surface area contributed by atoms with Gasteiger partial charge in [-0.15, -0.1) is 11.3 Å². The number of guanidine groups is 1. The van der Waals surface area contributed by atoms with Crippen molar-refractivity contribution in [3.63, 3.8) is 0 Å². The van der Waals surface area contributed by atoms with Gasteiger partial charge in [0.25, 0.3) is 0 Å². The van der Waals surface area contributed by atoms with Crippen LogP contribution in [0.1, 0.15) is 30.3 Å². The predicted molar refractivity (Wildman–Crippen MR) is 107 cm³/mol. The van der Waals surface area contributed by atoms with E-state index in [1.54, 1.807) is 22.7 Å². The van der Waals surface area contributed by atoms with Gasteiger partial charge in [0, 0.05) is 25.0 Å². The number of nitrogens with one attached hydrogen (secondary N) is 2. The molecule has 2 aromatic heterocycles. The maximum absolute atomic E-state index is 4.35. The zero-order chi connectivity index (χ0) is 17.2. The van der Waals surface area contributed by atoms with Crippen molar-refractivity contribution in [2.45, 2.75) is 26.3 Å². The van der Waals surface area contributed by atoms with Gasteiger partial charge in [-0.25, -0.2) is 0 Å². The topological polar surface area (TPSA) is 39.7 Å². The molecule has 2 N–H and O–H groups in total. The smallest absolute Gasteiger partial charge is 0.191 e. The number of hydrogen-bond donors (Lipinski definition) is 2. The number of hydrogen-bond acceptors (Lipinski definition) is 4. The molecule has 2 heterocycles. The number of rotatable bonds is 9. The van der Waals surface area contributed by atoms with Crippen LogP contribution in [-0.2, 0) is 6.42 Å². The molecular weight excluding hydrogens is 336 g/mol. The Labute approximate surface area is 153 Å². The Hall–Kier alpha value is -1.37. The molecule has 6 heteroatoms. The summed E-state index contributed by atoms with van der Waals surface area (Å²) < 4.78 is 0. The van der Waals surface area contributed by atoms with Crippen LogP contribution in [0, 0.1) is 0 Å². The van der Waals surface area contributed by atoms with E-state index in [9.17, 15) is 0 Å². The molecule has 132 valence electrons. The summed E-state index contributed by atoms with van der Waals surface area (Å²) >= 11 is 3.56. The van der Waals surface area contributed by atoms with E-state index in [-0.39, 0.29) is 0 Å². The first-order valence-corrected chi connectivity index (χ1v) is 10.3. The molecule has 2 rings (SSSR count). The highest BCUT2D eigenvalue weighted by Gasteiger charge is 2.18. The second-order valence-electron chi connectivity index (χ2n) is 5.50. The van der Waals surface area contributed by atoms with Crippen molar-refractivity contribution in [2.24, 2.45) is 4.99 Å². The van der Waals surface area contributed by atoms with Crippen molar-refractivity contribution >= 4 is 28.6 Å². The Morgan fingerprint density at radius 3 is 2.62 bits per heavy atom. The lowest BCUT2D eigenvalue weighted by Gasteiger charge is -2.30. The van der Waals surface area contributed by atoms with Crippen molar-refractivity contribution < 1.29 is 0 Å². The monoisotopic (exact) mass is 364 g/mol.